The van der Waals surface area contributed by atoms with Crippen LogP contribution in [0.1, 0.15) is 20.8 Å². The van der Waals surface area contributed by atoms with Crippen LogP contribution >= 0.6 is 0 Å². The molecule has 0 aromatic carbocycles. The summed E-state index contributed by atoms with van der Waals surface area (Å²) in [5.74, 6) is 0.763. The second kappa shape index (κ2) is 7.56. The van der Waals surface area contributed by atoms with Gasteiger partial charge in [-0.15, -0.1) is 0 Å². The lowest BCUT2D eigenvalue weighted by Gasteiger charge is -2.21. The van der Waals surface area contributed by atoms with E-state index in [0.717, 1.165) is 0 Å². The normalized spacial score (nSPS) is 13.4. The van der Waals surface area contributed by atoms with Gasteiger partial charge in [0.2, 0.25) is 10.0 Å². The van der Waals surface area contributed by atoms with Crippen molar-refractivity contribution in [1.29, 1.82) is 0 Å². The molecule has 1 aromatic rings. The largest absolute Gasteiger partial charge is 0.380 e. The first-order chi connectivity index (χ1) is 9.40. The Balaban J connectivity index is 2.85. The van der Waals surface area contributed by atoms with Gasteiger partial charge in [-0.3, -0.25) is 0 Å². The van der Waals surface area contributed by atoms with Crippen molar-refractivity contribution in [3.63, 3.8) is 0 Å². The number of nitrogens with zero attached hydrogens (tertiary/aromatic N) is 1. The molecule has 6 nitrogen and oxygen atoms in total. The molecule has 0 spiro atoms. The number of ether oxygens (including phenoxy) is 1. The molecule has 0 aliphatic heterocycles. The molecule has 1 rings (SSSR count). The molecule has 0 aliphatic carbocycles. The van der Waals surface area contributed by atoms with Gasteiger partial charge in [0.15, 0.2) is 0 Å². The lowest BCUT2D eigenvalue weighted by atomic mass is 10.1. The Morgan fingerprint density at radius 3 is 2.50 bits per heavy atom. The number of nitrogens with one attached hydrogen (secondary N) is 2. The molecular weight excluding hydrogens is 278 g/mol. The Bertz CT molecular complexity index is 500. The SMILES string of the molecule is CCOCC(NS(=O)(=O)c1ccc(NC)nc1)C(C)C. The van der Waals surface area contributed by atoms with Crippen LogP contribution in [0.15, 0.2) is 23.2 Å². The van der Waals surface area contributed by atoms with Gasteiger partial charge in [0.05, 0.1) is 6.61 Å². The summed E-state index contributed by atoms with van der Waals surface area (Å²) < 4.78 is 32.6. The number of rotatable bonds is 8. The minimum atomic E-state index is -3.58. The number of hydrogen-bond acceptors (Lipinski definition) is 5. The highest BCUT2D eigenvalue weighted by Crippen LogP contribution is 2.13. The van der Waals surface area contributed by atoms with E-state index in [1.54, 1.807) is 13.1 Å². The Labute approximate surface area is 121 Å². The zero-order valence-electron chi connectivity index (χ0n) is 12.4. The van der Waals surface area contributed by atoms with Gasteiger partial charge in [-0.25, -0.2) is 18.1 Å². The first-order valence-electron chi connectivity index (χ1n) is 6.64. The van der Waals surface area contributed by atoms with Crippen molar-refractivity contribution in [2.75, 3.05) is 25.6 Å². The summed E-state index contributed by atoms with van der Waals surface area (Å²) in [6.45, 7) is 6.70. The van der Waals surface area contributed by atoms with Crippen molar-refractivity contribution >= 4 is 15.8 Å². The highest BCUT2D eigenvalue weighted by Gasteiger charge is 2.22. The van der Waals surface area contributed by atoms with Crippen molar-refractivity contribution in [1.82, 2.24) is 9.71 Å². The van der Waals surface area contributed by atoms with Crippen LogP contribution in [0.25, 0.3) is 0 Å². The lowest BCUT2D eigenvalue weighted by molar-refractivity contribution is 0.116. The zero-order chi connectivity index (χ0) is 15.2. The van der Waals surface area contributed by atoms with Gasteiger partial charge in [0, 0.05) is 25.9 Å². The van der Waals surface area contributed by atoms with Gasteiger partial charge in [0.25, 0.3) is 0 Å². The number of anilines is 1. The highest BCUT2D eigenvalue weighted by atomic mass is 32.2. The average Bonchev–Trinajstić information content (AvgIpc) is 2.43. The highest BCUT2D eigenvalue weighted by molar-refractivity contribution is 7.89. The number of sulfonamides is 1. The van der Waals surface area contributed by atoms with Crippen LogP contribution < -0.4 is 10.0 Å². The van der Waals surface area contributed by atoms with E-state index < -0.39 is 10.0 Å². The Morgan fingerprint density at radius 1 is 1.35 bits per heavy atom. The monoisotopic (exact) mass is 301 g/mol. The van der Waals surface area contributed by atoms with Crippen molar-refractivity contribution in [3.05, 3.63) is 18.3 Å². The van der Waals surface area contributed by atoms with Gasteiger partial charge >= 0.3 is 0 Å². The van der Waals surface area contributed by atoms with E-state index in [1.165, 1.54) is 12.3 Å². The number of aromatic nitrogens is 1. The number of pyridine rings is 1. The summed E-state index contributed by atoms with van der Waals surface area (Å²) in [6.07, 6.45) is 1.34. The van der Waals surface area contributed by atoms with Crippen LogP contribution in [0.4, 0.5) is 5.82 Å². The smallest absolute Gasteiger partial charge is 0.242 e. The van der Waals surface area contributed by atoms with E-state index in [0.29, 0.717) is 19.0 Å². The Morgan fingerprint density at radius 2 is 2.05 bits per heavy atom. The van der Waals surface area contributed by atoms with Crippen LogP contribution in [0.2, 0.25) is 0 Å². The van der Waals surface area contributed by atoms with E-state index in [2.05, 4.69) is 15.0 Å². The molecule has 0 saturated carbocycles. The molecule has 0 amide bonds. The molecule has 20 heavy (non-hydrogen) atoms. The molecule has 2 N–H and O–H groups in total. The van der Waals surface area contributed by atoms with Crippen LogP contribution in [0, 0.1) is 5.92 Å². The fourth-order valence-corrected chi connectivity index (χ4v) is 2.88. The fraction of sp³-hybridized carbons (Fsp3) is 0.615. The molecule has 1 atom stereocenters. The predicted molar refractivity (Wildman–Crippen MR) is 79.2 cm³/mol. The van der Waals surface area contributed by atoms with E-state index in [1.807, 2.05) is 20.8 Å². The minimum absolute atomic E-state index is 0.140. The van der Waals surface area contributed by atoms with Crippen molar-refractivity contribution in [2.24, 2.45) is 5.92 Å². The quantitative estimate of drug-likeness (QED) is 0.760. The zero-order valence-corrected chi connectivity index (χ0v) is 13.2. The van der Waals surface area contributed by atoms with Gasteiger partial charge in [0.1, 0.15) is 10.7 Å². The third-order valence-corrected chi connectivity index (χ3v) is 4.39. The van der Waals surface area contributed by atoms with Crippen LogP contribution in [0.3, 0.4) is 0 Å². The molecule has 1 aromatic heterocycles. The Hall–Kier alpha value is -1.18. The van der Waals surface area contributed by atoms with Crippen molar-refractivity contribution < 1.29 is 13.2 Å². The molecule has 7 heteroatoms. The lowest BCUT2D eigenvalue weighted by Crippen LogP contribution is -2.41. The fourth-order valence-electron chi connectivity index (χ4n) is 1.56. The molecule has 114 valence electrons. The van der Waals surface area contributed by atoms with E-state index in [-0.39, 0.29) is 16.9 Å². The van der Waals surface area contributed by atoms with E-state index in [9.17, 15) is 8.42 Å². The van der Waals surface area contributed by atoms with Crippen LogP contribution in [-0.4, -0.2) is 39.7 Å². The minimum Gasteiger partial charge on any atom is -0.380 e. The summed E-state index contributed by atoms with van der Waals surface area (Å²) in [7, 11) is -1.85. The second-order valence-corrected chi connectivity index (χ2v) is 6.47. The Kier molecular flexibility index (Phi) is 6.38. The van der Waals surface area contributed by atoms with Crippen molar-refractivity contribution in [3.8, 4) is 0 Å². The summed E-state index contributed by atoms with van der Waals surface area (Å²) in [5.41, 5.74) is 0. The molecule has 1 unspecified atom stereocenters. The summed E-state index contributed by atoms with van der Waals surface area (Å²) in [5, 5.41) is 2.85. The molecule has 0 bridgehead atoms. The topological polar surface area (TPSA) is 80.3 Å². The van der Waals surface area contributed by atoms with Gasteiger partial charge in [-0.2, -0.15) is 0 Å². The van der Waals surface area contributed by atoms with E-state index in [4.69, 9.17) is 4.74 Å². The maximum absolute atomic E-state index is 12.3. The third kappa shape index (κ3) is 4.73. The summed E-state index contributed by atoms with van der Waals surface area (Å²) in [4.78, 5) is 4.17. The van der Waals surface area contributed by atoms with Gasteiger partial charge in [-0.1, -0.05) is 13.8 Å². The van der Waals surface area contributed by atoms with Crippen LogP contribution in [-0.2, 0) is 14.8 Å². The summed E-state index contributed by atoms with van der Waals surface area (Å²) >= 11 is 0. The average molecular weight is 301 g/mol. The molecule has 0 fully saturated rings. The maximum Gasteiger partial charge on any atom is 0.242 e. The second-order valence-electron chi connectivity index (χ2n) is 4.76. The van der Waals surface area contributed by atoms with Crippen molar-refractivity contribution in [2.45, 2.75) is 31.7 Å². The number of hydrogen-bond donors (Lipinski definition) is 2. The van der Waals surface area contributed by atoms with E-state index >= 15 is 0 Å². The van der Waals surface area contributed by atoms with Gasteiger partial charge in [-0.05, 0) is 25.0 Å². The molecule has 1 heterocycles. The first kappa shape index (κ1) is 16.9. The molecule has 0 radical (unpaired) electrons. The third-order valence-electron chi connectivity index (χ3n) is 2.92. The summed E-state index contributed by atoms with van der Waals surface area (Å²) in [6, 6.07) is 2.89. The maximum atomic E-state index is 12.3. The molecular formula is C13H23N3O3S. The molecule has 0 aliphatic rings. The first-order valence-corrected chi connectivity index (χ1v) is 8.13. The van der Waals surface area contributed by atoms with Crippen LogP contribution in [0.5, 0.6) is 0 Å². The predicted octanol–water partition coefficient (Wildman–Crippen LogP) is 1.46. The standard InChI is InChI=1S/C13H23N3O3S/c1-5-19-9-12(10(2)3)16-20(17,18)11-6-7-13(14-4)15-8-11/h6-8,10,12,16H,5,9H2,1-4H3,(H,14,15). The molecule has 0 saturated heterocycles. The van der Waals surface area contributed by atoms with Gasteiger partial charge < -0.3 is 10.1 Å².